The van der Waals surface area contributed by atoms with Gasteiger partial charge in [-0.15, -0.1) is 11.3 Å². The summed E-state index contributed by atoms with van der Waals surface area (Å²) in [6.07, 6.45) is 2.42. The van der Waals surface area contributed by atoms with E-state index in [-0.39, 0.29) is 29.8 Å². The van der Waals surface area contributed by atoms with Gasteiger partial charge < -0.3 is 10.2 Å². The normalized spacial score (nSPS) is 17.8. The Morgan fingerprint density at radius 2 is 1.84 bits per heavy atom. The number of likely N-dealkylation sites (tertiary alicyclic amines) is 1. The number of nitrogens with one attached hydrogen (secondary N) is 2. The van der Waals surface area contributed by atoms with Crippen molar-refractivity contribution in [2.45, 2.75) is 71.6 Å². The van der Waals surface area contributed by atoms with E-state index >= 15 is 0 Å². The highest BCUT2D eigenvalue weighted by Crippen LogP contribution is 2.27. The summed E-state index contributed by atoms with van der Waals surface area (Å²) in [5, 5.41) is 6.65. The molecule has 1 fully saturated rings. The lowest BCUT2D eigenvalue weighted by Gasteiger charge is -2.33. The molecule has 2 amide bonds. The van der Waals surface area contributed by atoms with Gasteiger partial charge in [0.05, 0.1) is 22.1 Å². The lowest BCUT2D eigenvalue weighted by Crippen LogP contribution is -2.54. The number of hydrogen-bond acceptors (Lipinski definition) is 5. The minimum absolute atomic E-state index is 0.0269. The number of carbonyl (C=O) groups is 2. The fourth-order valence-corrected chi connectivity index (χ4v) is 5.78. The average molecular weight is 519 g/mol. The predicted molar refractivity (Wildman–Crippen MR) is 150 cm³/mol. The Morgan fingerprint density at radius 1 is 1.11 bits per heavy atom. The van der Waals surface area contributed by atoms with Gasteiger partial charge in [0.2, 0.25) is 11.8 Å². The Morgan fingerprint density at radius 3 is 2.49 bits per heavy atom. The molecule has 3 aromatic rings. The molecule has 1 aliphatic heterocycles. The van der Waals surface area contributed by atoms with Crippen LogP contribution in [0.1, 0.15) is 62.9 Å². The molecular formula is C30H38N4O2S. The fourth-order valence-electron chi connectivity index (χ4n) is 4.96. The number of aryl methyl sites for hydroxylation is 1. The lowest BCUT2D eigenvalue weighted by atomic mass is 9.95. The summed E-state index contributed by atoms with van der Waals surface area (Å²) in [5.74, 6) is 0.106. The van der Waals surface area contributed by atoms with E-state index in [1.807, 2.05) is 42.8 Å². The van der Waals surface area contributed by atoms with Crippen LogP contribution < -0.4 is 10.6 Å². The number of hydrogen-bond donors (Lipinski definition) is 2. The van der Waals surface area contributed by atoms with Crippen molar-refractivity contribution in [3.05, 3.63) is 76.9 Å². The maximum Gasteiger partial charge on any atom is 0.243 e. The first-order chi connectivity index (χ1) is 17.9. The summed E-state index contributed by atoms with van der Waals surface area (Å²) in [5.41, 5.74) is 6.20. The van der Waals surface area contributed by atoms with Crippen LogP contribution >= 0.6 is 11.3 Å². The van der Waals surface area contributed by atoms with Crippen LogP contribution in [0.3, 0.4) is 0 Å². The van der Waals surface area contributed by atoms with Crippen molar-refractivity contribution in [2.75, 3.05) is 6.54 Å². The molecule has 0 spiro atoms. The first-order valence-corrected chi connectivity index (χ1v) is 14.2. The standard InChI is InChI=1S/C30H38N4O2S/c1-5-20(2)27(33-21(3)24-10-7-6-8-11-24)30(36)34-17-9-12-26(34)29(35)31-18-23-13-15-25(16-14-23)28-22(4)32-19-37-28/h6-8,10-11,13-16,19-21,26-27,33H,5,9,12,17-18H2,1-4H3,(H,31,35)/t20-,21?,26-,27-/m0/s1. The van der Waals surface area contributed by atoms with E-state index in [2.05, 4.69) is 60.7 Å². The molecule has 0 saturated carbocycles. The molecule has 0 aliphatic carbocycles. The zero-order chi connectivity index (χ0) is 26.4. The molecule has 1 aliphatic rings. The van der Waals surface area contributed by atoms with Gasteiger partial charge in [-0.2, -0.15) is 0 Å². The topological polar surface area (TPSA) is 74.3 Å². The summed E-state index contributed by atoms with van der Waals surface area (Å²) in [6, 6.07) is 17.7. The minimum Gasteiger partial charge on any atom is -0.350 e. The zero-order valence-electron chi connectivity index (χ0n) is 22.2. The third kappa shape index (κ3) is 6.46. The third-order valence-electron chi connectivity index (χ3n) is 7.48. The second-order valence-electron chi connectivity index (χ2n) is 10.0. The fraction of sp³-hybridized carbons (Fsp3) is 0.433. The molecule has 1 aromatic heterocycles. The SMILES string of the molecule is CC[C@H](C)[C@H](NC(C)c1ccccc1)C(=O)N1CCC[C@H]1C(=O)NCc1ccc(-c2scnc2C)cc1. The van der Waals surface area contributed by atoms with Gasteiger partial charge in [-0.1, -0.05) is 74.9 Å². The van der Waals surface area contributed by atoms with Crippen LogP contribution in [0.15, 0.2) is 60.1 Å². The van der Waals surface area contributed by atoms with Gasteiger partial charge >= 0.3 is 0 Å². The molecule has 0 radical (unpaired) electrons. The predicted octanol–water partition coefficient (Wildman–Crippen LogP) is 5.49. The molecule has 2 heterocycles. The van der Waals surface area contributed by atoms with E-state index in [0.29, 0.717) is 19.5 Å². The molecule has 4 rings (SSSR count). The van der Waals surface area contributed by atoms with Gasteiger partial charge in [-0.05, 0) is 49.3 Å². The van der Waals surface area contributed by atoms with Crippen molar-refractivity contribution >= 4 is 23.2 Å². The Kier molecular flexibility index (Phi) is 9.11. The highest BCUT2D eigenvalue weighted by Gasteiger charge is 2.38. The van der Waals surface area contributed by atoms with Gasteiger partial charge in [-0.25, -0.2) is 4.98 Å². The summed E-state index contributed by atoms with van der Waals surface area (Å²) >= 11 is 1.63. The van der Waals surface area contributed by atoms with Crippen LogP contribution in [0.4, 0.5) is 0 Å². The molecule has 2 aromatic carbocycles. The molecule has 1 saturated heterocycles. The maximum absolute atomic E-state index is 13.8. The van der Waals surface area contributed by atoms with Gasteiger partial charge in [-0.3, -0.25) is 14.9 Å². The smallest absolute Gasteiger partial charge is 0.243 e. The molecule has 196 valence electrons. The first-order valence-electron chi connectivity index (χ1n) is 13.3. The van der Waals surface area contributed by atoms with Crippen molar-refractivity contribution in [2.24, 2.45) is 5.92 Å². The quantitative estimate of drug-likeness (QED) is 0.372. The highest BCUT2D eigenvalue weighted by molar-refractivity contribution is 7.13. The van der Waals surface area contributed by atoms with Crippen molar-refractivity contribution in [1.82, 2.24) is 20.5 Å². The van der Waals surface area contributed by atoms with Crippen LogP contribution in [0.2, 0.25) is 0 Å². The third-order valence-corrected chi connectivity index (χ3v) is 8.45. The summed E-state index contributed by atoms with van der Waals surface area (Å²) in [4.78, 5) is 34.3. The van der Waals surface area contributed by atoms with E-state index in [4.69, 9.17) is 0 Å². The Labute approximate surface area is 224 Å². The second kappa shape index (κ2) is 12.5. The van der Waals surface area contributed by atoms with Crippen molar-refractivity contribution in [3.63, 3.8) is 0 Å². The van der Waals surface area contributed by atoms with Crippen molar-refractivity contribution in [1.29, 1.82) is 0 Å². The molecule has 1 unspecified atom stereocenters. The van der Waals surface area contributed by atoms with Gasteiger partial charge in [0.1, 0.15) is 6.04 Å². The molecule has 2 N–H and O–H groups in total. The van der Waals surface area contributed by atoms with Crippen LogP contribution in [0.5, 0.6) is 0 Å². The second-order valence-corrected chi connectivity index (χ2v) is 10.9. The van der Waals surface area contributed by atoms with E-state index in [1.165, 1.54) is 4.88 Å². The summed E-state index contributed by atoms with van der Waals surface area (Å²) in [7, 11) is 0. The molecular weight excluding hydrogens is 480 g/mol. The van der Waals surface area contributed by atoms with Crippen LogP contribution in [-0.4, -0.2) is 40.3 Å². The van der Waals surface area contributed by atoms with Gasteiger partial charge in [0.25, 0.3) is 0 Å². The minimum atomic E-state index is -0.424. The highest BCUT2D eigenvalue weighted by atomic mass is 32.1. The molecule has 6 nitrogen and oxygen atoms in total. The van der Waals surface area contributed by atoms with Crippen LogP contribution in [0, 0.1) is 12.8 Å². The zero-order valence-corrected chi connectivity index (χ0v) is 23.1. The average Bonchev–Trinajstić information content (AvgIpc) is 3.59. The van der Waals surface area contributed by atoms with Crippen LogP contribution in [0.25, 0.3) is 10.4 Å². The van der Waals surface area contributed by atoms with Crippen molar-refractivity contribution in [3.8, 4) is 10.4 Å². The number of aromatic nitrogens is 1. The molecule has 7 heteroatoms. The van der Waals surface area contributed by atoms with Crippen LogP contribution in [-0.2, 0) is 16.1 Å². The number of rotatable bonds is 10. The largest absolute Gasteiger partial charge is 0.350 e. The number of nitrogens with zero attached hydrogens (tertiary/aromatic N) is 2. The van der Waals surface area contributed by atoms with E-state index in [9.17, 15) is 9.59 Å². The molecule has 37 heavy (non-hydrogen) atoms. The number of thiazole rings is 1. The van der Waals surface area contributed by atoms with Gasteiger partial charge in [0, 0.05) is 19.1 Å². The maximum atomic E-state index is 13.8. The molecule has 0 bridgehead atoms. The van der Waals surface area contributed by atoms with E-state index < -0.39 is 6.04 Å². The summed E-state index contributed by atoms with van der Waals surface area (Å²) < 4.78 is 0. The Hall–Kier alpha value is -3.03. The van der Waals surface area contributed by atoms with E-state index in [0.717, 1.165) is 35.2 Å². The monoisotopic (exact) mass is 518 g/mol. The number of benzene rings is 2. The lowest BCUT2D eigenvalue weighted by molar-refractivity contribution is -0.141. The Bertz CT molecular complexity index is 1180. The summed E-state index contributed by atoms with van der Waals surface area (Å²) in [6.45, 7) is 9.38. The van der Waals surface area contributed by atoms with Gasteiger partial charge in [0.15, 0.2) is 0 Å². The van der Waals surface area contributed by atoms with E-state index in [1.54, 1.807) is 16.2 Å². The van der Waals surface area contributed by atoms with Crippen molar-refractivity contribution < 1.29 is 9.59 Å². The Balaban J connectivity index is 1.39. The number of amides is 2. The number of carbonyl (C=O) groups excluding carboxylic acids is 2. The molecule has 4 atom stereocenters. The first kappa shape index (κ1) is 27.0.